The van der Waals surface area contributed by atoms with Crippen LogP contribution in [0.4, 0.5) is 0 Å². The fourth-order valence-electron chi connectivity index (χ4n) is 4.85. The van der Waals surface area contributed by atoms with E-state index in [2.05, 4.69) is 10.2 Å². The van der Waals surface area contributed by atoms with E-state index in [1.807, 2.05) is 54.6 Å². The highest BCUT2D eigenvalue weighted by Crippen LogP contribution is 2.29. The Morgan fingerprint density at radius 2 is 1.97 bits per heavy atom. The number of hydrogen-bond acceptors (Lipinski definition) is 6. The third-order valence-corrected chi connectivity index (χ3v) is 6.84. The van der Waals surface area contributed by atoms with E-state index >= 15 is 0 Å². The predicted molar refractivity (Wildman–Crippen MR) is 146 cm³/mol. The molecule has 2 aliphatic rings. The number of likely N-dealkylation sites (tertiary alicyclic amines) is 1. The van der Waals surface area contributed by atoms with Gasteiger partial charge in [0.15, 0.2) is 0 Å². The highest BCUT2D eigenvalue weighted by atomic mass is 16.5. The van der Waals surface area contributed by atoms with E-state index in [9.17, 15) is 9.59 Å². The number of unbranched alkanes of at least 4 members (excludes halogenated alkanes) is 2. The maximum absolute atomic E-state index is 13.1. The molecule has 0 spiro atoms. The summed E-state index contributed by atoms with van der Waals surface area (Å²) in [5, 5.41) is 13.8. The van der Waals surface area contributed by atoms with Gasteiger partial charge in [-0.15, -0.1) is 0 Å². The normalized spacial score (nSPS) is 17.1. The van der Waals surface area contributed by atoms with Crippen molar-refractivity contribution in [2.24, 2.45) is 0 Å². The van der Waals surface area contributed by atoms with Crippen LogP contribution in [0.5, 0.6) is 5.75 Å². The van der Waals surface area contributed by atoms with Gasteiger partial charge in [0, 0.05) is 37.9 Å². The van der Waals surface area contributed by atoms with Crippen LogP contribution in [0.1, 0.15) is 51.4 Å². The average Bonchev–Trinajstić information content (AvgIpc) is 3.64. The molecule has 0 atom stereocenters. The van der Waals surface area contributed by atoms with Crippen molar-refractivity contribution >= 4 is 22.6 Å². The second kappa shape index (κ2) is 14.2. The summed E-state index contributed by atoms with van der Waals surface area (Å²) in [5.74, 6) is 1.25. The molecule has 38 heavy (non-hydrogen) atoms. The molecule has 0 saturated carbocycles. The third-order valence-electron chi connectivity index (χ3n) is 6.84. The molecular weight excluding hydrogens is 482 g/mol. The standard InChI is InChI=1S/C30H37N3O5/c34-29(32-36)17-3-1-2-11-24(22-38-27-15-6-12-23-10-4-5-13-25(23)27)30(35)31-18-9-20-33-19-7-14-26(33)28-16-8-21-37-28/h4-6,8,10-13,15,21,36H,1-3,7,9,14,16-20,22H2,(H,31,35)(H,32,34)/b24-11+,28-26?. The molecule has 0 aliphatic carbocycles. The van der Waals surface area contributed by atoms with E-state index in [-0.39, 0.29) is 18.9 Å². The molecule has 1 saturated heterocycles. The van der Waals surface area contributed by atoms with Gasteiger partial charge in [0.2, 0.25) is 11.8 Å². The van der Waals surface area contributed by atoms with Gasteiger partial charge in [0.25, 0.3) is 0 Å². The Labute approximate surface area is 223 Å². The third kappa shape index (κ3) is 7.61. The van der Waals surface area contributed by atoms with Crippen LogP contribution in [0.3, 0.4) is 0 Å². The zero-order valence-electron chi connectivity index (χ0n) is 21.8. The maximum Gasteiger partial charge on any atom is 0.250 e. The molecule has 0 radical (unpaired) electrons. The minimum absolute atomic E-state index is 0.137. The molecule has 8 heteroatoms. The zero-order valence-corrected chi connectivity index (χ0v) is 21.8. The van der Waals surface area contributed by atoms with Crippen molar-refractivity contribution < 1.29 is 24.3 Å². The number of hydroxylamine groups is 1. The van der Waals surface area contributed by atoms with Gasteiger partial charge < -0.3 is 19.7 Å². The second-order valence-electron chi connectivity index (χ2n) is 9.54. The van der Waals surface area contributed by atoms with Crippen molar-refractivity contribution in [3.8, 4) is 5.75 Å². The van der Waals surface area contributed by atoms with Gasteiger partial charge in [0.05, 0.1) is 17.5 Å². The van der Waals surface area contributed by atoms with Crippen molar-refractivity contribution in [2.75, 3.05) is 26.2 Å². The Hall–Kier alpha value is -3.78. The molecule has 2 heterocycles. The number of benzene rings is 2. The van der Waals surface area contributed by atoms with E-state index in [4.69, 9.17) is 14.7 Å². The first-order valence-corrected chi connectivity index (χ1v) is 13.4. The van der Waals surface area contributed by atoms with Gasteiger partial charge in [-0.25, -0.2) is 5.48 Å². The Morgan fingerprint density at radius 1 is 1.11 bits per heavy atom. The van der Waals surface area contributed by atoms with Crippen LogP contribution >= 0.6 is 0 Å². The van der Waals surface area contributed by atoms with E-state index in [1.54, 1.807) is 11.7 Å². The van der Waals surface area contributed by atoms with Crippen LogP contribution in [0.25, 0.3) is 10.8 Å². The smallest absolute Gasteiger partial charge is 0.250 e. The fourth-order valence-corrected chi connectivity index (χ4v) is 4.85. The first kappa shape index (κ1) is 27.3. The predicted octanol–water partition coefficient (Wildman–Crippen LogP) is 4.96. The molecule has 8 nitrogen and oxygen atoms in total. The van der Waals surface area contributed by atoms with Gasteiger partial charge in [-0.2, -0.15) is 0 Å². The Balaban J connectivity index is 1.31. The molecule has 0 bridgehead atoms. The number of rotatable bonds is 13. The van der Waals surface area contributed by atoms with E-state index in [0.717, 1.165) is 67.5 Å². The summed E-state index contributed by atoms with van der Waals surface area (Å²) in [4.78, 5) is 26.7. The lowest BCUT2D eigenvalue weighted by Crippen LogP contribution is -2.31. The summed E-state index contributed by atoms with van der Waals surface area (Å²) in [6.07, 6.45) is 11.8. The number of nitrogens with zero attached hydrogens (tertiary/aromatic N) is 1. The highest BCUT2D eigenvalue weighted by Gasteiger charge is 2.22. The number of hydrogen-bond donors (Lipinski definition) is 3. The Kier molecular flexibility index (Phi) is 10.2. The van der Waals surface area contributed by atoms with E-state index in [1.165, 1.54) is 5.70 Å². The molecule has 2 aromatic rings. The lowest BCUT2D eigenvalue weighted by Gasteiger charge is -2.21. The summed E-state index contributed by atoms with van der Waals surface area (Å²) >= 11 is 0. The lowest BCUT2D eigenvalue weighted by atomic mass is 10.1. The molecule has 202 valence electrons. The largest absolute Gasteiger partial charge is 0.488 e. The molecular formula is C30H37N3O5. The van der Waals surface area contributed by atoms with Crippen molar-refractivity contribution in [3.63, 3.8) is 0 Å². The minimum Gasteiger partial charge on any atom is -0.488 e. The van der Waals surface area contributed by atoms with Crippen LogP contribution in [0, 0.1) is 0 Å². The first-order chi connectivity index (χ1) is 18.7. The number of fused-ring (bicyclic) bond motifs is 1. The number of amides is 2. The molecule has 4 rings (SSSR count). The van der Waals surface area contributed by atoms with Gasteiger partial charge in [-0.1, -0.05) is 42.5 Å². The molecule has 3 N–H and O–H groups in total. The highest BCUT2D eigenvalue weighted by molar-refractivity contribution is 5.94. The van der Waals surface area contributed by atoms with Gasteiger partial charge in [0.1, 0.15) is 18.1 Å². The van der Waals surface area contributed by atoms with Crippen LogP contribution < -0.4 is 15.5 Å². The summed E-state index contributed by atoms with van der Waals surface area (Å²) in [7, 11) is 0. The second-order valence-corrected chi connectivity index (χ2v) is 9.54. The molecule has 1 fully saturated rings. The van der Waals surface area contributed by atoms with Crippen LogP contribution in [-0.2, 0) is 14.3 Å². The van der Waals surface area contributed by atoms with E-state index < -0.39 is 5.91 Å². The van der Waals surface area contributed by atoms with Crippen LogP contribution in [-0.4, -0.2) is 48.2 Å². The number of carbonyl (C=O) groups excluding carboxylic acids is 2. The molecule has 2 amide bonds. The summed E-state index contributed by atoms with van der Waals surface area (Å²) in [5.41, 5.74) is 3.51. The topological polar surface area (TPSA) is 100 Å². The Morgan fingerprint density at radius 3 is 2.82 bits per heavy atom. The van der Waals surface area contributed by atoms with Crippen molar-refractivity contribution in [1.29, 1.82) is 0 Å². The summed E-state index contributed by atoms with van der Waals surface area (Å²) < 4.78 is 11.8. The number of carbonyl (C=O) groups is 2. The number of nitrogens with one attached hydrogen (secondary N) is 2. The fraction of sp³-hybridized carbons (Fsp3) is 0.400. The van der Waals surface area contributed by atoms with Crippen molar-refractivity contribution in [2.45, 2.75) is 51.4 Å². The van der Waals surface area contributed by atoms with Gasteiger partial charge >= 0.3 is 0 Å². The number of allylic oxidation sites excluding steroid dienone is 3. The van der Waals surface area contributed by atoms with Crippen LogP contribution in [0.2, 0.25) is 0 Å². The molecule has 2 aliphatic heterocycles. The monoisotopic (exact) mass is 519 g/mol. The summed E-state index contributed by atoms with van der Waals surface area (Å²) in [6.45, 7) is 2.62. The molecule has 2 aromatic carbocycles. The molecule has 0 aromatic heterocycles. The van der Waals surface area contributed by atoms with Crippen LogP contribution in [0.15, 0.2) is 77.9 Å². The maximum atomic E-state index is 13.1. The van der Waals surface area contributed by atoms with Crippen molar-refractivity contribution in [3.05, 3.63) is 77.9 Å². The number of ether oxygens (including phenoxy) is 2. The van der Waals surface area contributed by atoms with Gasteiger partial charge in [-0.05, 0) is 56.1 Å². The average molecular weight is 520 g/mol. The van der Waals surface area contributed by atoms with Gasteiger partial charge in [-0.3, -0.25) is 14.8 Å². The van der Waals surface area contributed by atoms with Crippen molar-refractivity contribution in [1.82, 2.24) is 15.7 Å². The van der Waals surface area contributed by atoms with E-state index in [0.29, 0.717) is 25.0 Å². The SMILES string of the molecule is O=C(CCCC/C=C(\COc1cccc2ccccc12)C(=O)NCCCN1CCCC1=C1CC=CO1)NO. The first-order valence-electron chi connectivity index (χ1n) is 13.4. The zero-order chi connectivity index (χ0) is 26.6. The lowest BCUT2D eigenvalue weighted by molar-refractivity contribution is -0.129. The Bertz CT molecular complexity index is 1190. The minimum atomic E-state index is -0.404. The quantitative estimate of drug-likeness (QED) is 0.150. The summed E-state index contributed by atoms with van der Waals surface area (Å²) in [6, 6.07) is 13.9. The molecule has 0 unspecified atom stereocenters.